The maximum atomic E-state index is 11.1. The molecule has 0 aromatic heterocycles. The Bertz CT molecular complexity index is 702. The van der Waals surface area contributed by atoms with E-state index in [0.29, 0.717) is 4.47 Å². The maximum absolute atomic E-state index is 11.1. The summed E-state index contributed by atoms with van der Waals surface area (Å²) in [7, 11) is 0. The topological polar surface area (TPSA) is 55.8 Å². The molecule has 2 aromatic rings. The van der Waals surface area contributed by atoms with Crippen LogP contribution in [0.25, 0.3) is 0 Å². The number of benzene rings is 2. The number of ether oxygens (including phenoxy) is 2. The largest absolute Gasteiger partial charge is 0.478 e. The Kier molecular flexibility index (Phi) is 4.07. The summed E-state index contributed by atoms with van der Waals surface area (Å²) >= 11 is 4.82. The summed E-state index contributed by atoms with van der Waals surface area (Å²) < 4.78 is 11.2. The quantitative estimate of drug-likeness (QED) is 0.823. The predicted octanol–water partition coefficient (Wildman–Crippen LogP) is 4.17. The van der Waals surface area contributed by atoms with E-state index in [9.17, 15) is 4.79 Å². The number of hydrogen-bond donors (Lipinski definition) is 1. The molecule has 4 nitrogen and oxygen atoms in total. The van der Waals surface area contributed by atoms with Gasteiger partial charge >= 0.3 is 5.97 Å². The van der Waals surface area contributed by atoms with Crippen molar-refractivity contribution in [3.8, 4) is 11.5 Å². The molecule has 108 valence electrons. The van der Waals surface area contributed by atoms with Crippen LogP contribution in [0, 0.1) is 0 Å². The van der Waals surface area contributed by atoms with Gasteiger partial charge in [0.2, 0.25) is 6.79 Å². The normalized spacial score (nSPS) is 12.4. The third-order valence-electron chi connectivity index (χ3n) is 3.01. The number of hydrogen-bond acceptors (Lipinski definition) is 4. The fourth-order valence-corrected chi connectivity index (χ4v) is 3.25. The number of fused-ring (bicyclic) bond motifs is 1. The van der Waals surface area contributed by atoms with Crippen molar-refractivity contribution < 1.29 is 19.4 Å². The summed E-state index contributed by atoms with van der Waals surface area (Å²) in [5.74, 6) is 1.32. The van der Waals surface area contributed by atoms with Crippen molar-refractivity contribution in [3.05, 3.63) is 52.0 Å². The molecule has 1 heterocycles. The smallest absolute Gasteiger partial charge is 0.336 e. The Morgan fingerprint density at radius 3 is 2.81 bits per heavy atom. The van der Waals surface area contributed by atoms with Crippen LogP contribution in [0.2, 0.25) is 0 Å². The van der Waals surface area contributed by atoms with Crippen LogP contribution in [0.4, 0.5) is 0 Å². The van der Waals surface area contributed by atoms with E-state index >= 15 is 0 Å². The van der Waals surface area contributed by atoms with Crippen molar-refractivity contribution in [1.29, 1.82) is 0 Å². The van der Waals surface area contributed by atoms with Crippen LogP contribution in [-0.4, -0.2) is 17.9 Å². The summed E-state index contributed by atoms with van der Waals surface area (Å²) in [5.41, 5.74) is 1.37. The van der Waals surface area contributed by atoms with Gasteiger partial charge in [-0.05, 0) is 51.8 Å². The van der Waals surface area contributed by atoms with E-state index < -0.39 is 5.97 Å². The Labute approximate surface area is 134 Å². The molecule has 3 rings (SSSR count). The maximum Gasteiger partial charge on any atom is 0.336 e. The van der Waals surface area contributed by atoms with E-state index in [2.05, 4.69) is 15.9 Å². The zero-order valence-electron chi connectivity index (χ0n) is 10.8. The van der Waals surface area contributed by atoms with Crippen molar-refractivity contribution in [2.45, 2.75) is 10.6 Å². The van der Waals surface area contributed by atoms with Crippen LogP contribution in [0.1, 0.15) is 15.9 Å². The summed E-state index contributed by atoms with van der Waals surface area (Å²) in [6.07, 6.45) is 0. The first kappa shape index (κ1) is 14.3. The first-order chi connectivity index (χ1) is 10.1. The molecule has 1 aliphatic rings. The van der Waals surface area contributed by atoms with Crippen LogP contribution in [-0.2, 0) is 5.75 Å². The molecule has 0 aliphatic carbocycles. The van der Waals surface area contributed by atoms with Gasteiger partial charge in [-0.25, -0.2) is 4.79 Å². The van der Waals surface area contributed by atoms with Crippen molar-refractivity contribution >= 4 is 33.7 Å². The first-order valence-corrected chi connectivity index (χ1v) is 7.95. The van der Waals surface area contributed by atoms with Gasteiger partial charge in [0.05, 0.1) is 5.56 Å². The zero-order chi connectivity index (χ0) is 14.8. The minimum atomic E-state index is -0.938. The monoisotopic (exact) mass is 366 g/mol. The van der Waals surface area contributed by atoms with Gasteiger partial charge in [-0.2, -0.15) is 0 Å². The number of carboxylic acids is 1. The van der Waals surface area contributed by atoms with Gasteiger partial charge in [0.15, 0.2) is 11.5 Å². The average Bonchev–Trinajstić information content (AvgIpc) is 2.93. The van der Waals surface area contributed by atoms with E-state index in [1.165, 1.54) is 0 Å². The molecule has 0 atom stereocenters. The molecule has 0 spiro atoms. The molecule has 0 saturated heterocycles. The van der Waals surface area contributed by atoms with E-state index in [1.54, 1.807) is 23.9 Å². The Morgan fingerprint density at radius 2 is 2.00 bits per heavy atom. The molecule has 0 fully saturated rings. The minimum absolute atomic E-state index is 0.264. The van der Waals surface area contributed by atoms with E-state index in [-0.39, 0.29) is 12.4 Å². The first-order valence-electron chi connectivity index (χ1n) is 6.17. The fraction of sp³-hybridized carbons (Fsp3) is 0.133. The van der Waals surface area contributed by atoms with Crippen LogP contribution >= 0.6 is 27.7 Å². The lowest BCUT2D eigenvalue weighted by Gasteiger charge is -2.06. The molecule has 2 aromatic carbocycles. The summed E-state index contributed by atoms with van der Waals surface area (Å²) in [6, 6.07) is 11.1. The van der Waals surface area contributed by atoms with E-state index in [0.717, 1.165) is 27.7 Å². The second-order valence-electron chi connectivity index (χ2n) is 4.42. The minimum Gasteiger partial charge on any atom is -0.478 e. The van der Waals surface area contributed by atoms with E-state index in [4.69, 9.17) is 14.6 Å². The molecule has 0 bridgehead atoms. The highest BCUT2D eigenvalue weighted by atomic mass is 79.9. The van der Waals surface area contributed by atoms with Crippen molar-refractivity contribution in [2.24, 2.45) is 0 Å². The van der Waals surface area contributed by atoms with E-state index in [1.807, 2.05) is 24.3 Å². The molecule has 21 heavy (non-hydrogen) atoms. The summed E-state index contributed by atoms with van der Waals surface area (Å²) in [4.78, 5) is 12.0. The molecule has 0 saturated carbocycles. The van der Waals surface area contributed by atoms with Gasteiger partial charge in [0, 0.05) is 15.1 Å². The highest BCUT2D eigenvalue weighted by Gasteiger charge is 2.13. The third-order valence-corrected chi connectivity index (χ3v) is 4.77. The highest BCUT2D eigenvalue weighted by molar-refractivity contribution is 9.10. The molecular formula is C15H11BrO4S. The third kappa shape index (κ3) is 3.16. The number of carbonyl (C=O) groups is 1. The average molecular weight is 367 g/mol. The van der Waals surface area contributed by atoms with Crippen LogP contribution in [0.5, 0.6) is 11.5 Å². The number of aromatic carboxylic acids is 1. The lowest BCUT2D eigenvalue weighted by atomic mass is 10.2. The molecular weight excluding hydrogens is 356 g/mol. The second kappa shape index (κ2) is 5.99. The molecule has 6 heteroatoms. The number of rotatable bonds is 4. The van der Waals surface area contributed by atoms with Gasteiger partial charge in [-0.3, -0.25) is 0 Å². The standard InChI is InChI=1S/C15H11BrO4S/c16-12-3-2-10(6-11(12)15(17)18)21-7-9-1-4-13-14(5-9)20-8-19-13/h1-6H,7-8H2,(H,17,18). The SMILES string of the molecule is O=C(O)c1cc(SCc2ccc3c(c2)OCO3)ccc1Br. The second-order valence-corrected chi connectivity index (χ2v) is 6.33. The molecule has 0 unspecified atom stereocenters. The fourth-order valence-electron chi connectivity index (χ4n) is 1.96. The molecule has 0 amide bonds. The molecule has 1 N–H and O–H groups in total. The lowest BCUT2D eigenvalue weighted by Crippen LogP contribution is -1.97. The Hall–Kier alpha value is -1.66. The number of thioether (sulfide) groups is 1. The number of carboxylic acid groups (broad SMARTS) is 1. The number of halogens is 1. The van der Waals surface area contributed by atoms with Gasteiger partial charge in [-0.15, -0.1) is 11.8 Å². The van der Waals surface area contributed by atoms with Gasteiger partial charge in [0.1, 0.15) is 0 Å². The summed E-state index contributed by atoms with van der Waals surface area (Å²) in [6.45, 7) is 0.264. The van der Waals surface area contributed by atoms with Crippen LogP contribution in [0.3, 0.4) is 0 Å². The van der Waals surface area contributed by atoms with Gasteiger partial charge < -0.3 is 14.6 Å². The van der Waals surface area contributed by atoms with Crippen molar-refractivity contribution in [2.75, 3.05) is 6.79 Å². The highest BCUT2D eigenvalue weighted by Crippen LogP contribution is 2.34. The predicted molar refractivity (Wildman–Crippen MR) is 83.2 cm³/mol. The lowest BCUT2D eigenvalue weighted by molar-refractivity contribution is 0.0695. The van der Waals surface area contributed by atoms with Gasteiger partial charge in [-0.1, -0.05) is 6.07 Å². The molecule has 1 aliphatic heterocycles. The van der Waals surface area contributed by atoms with Gasteiger partial charge in [0.25, 0.3) is 0 Å². The Morgan fingerprint density at radius 1 is 1.19 bits per heavy atom. The molecule has 0 radical (unpaired) electrons. The van der Waals surface area contributed by atoms with Crippen molar-refractivity contribution in [3.63, 3.8) is 0 Å². The van der Waals surface area contributed by atoms with Crippen LogP contribution < -0.4 is 9.47 Å². The Balaban J connectivity index is 1.73. The van der Waals surface area contributed by atoms with Crippen molar-refractivity contribution in [1.82, 2.24) is 0 Å². The summed E-state index contributed by atoms with van der Waals surface area (Å²) in [5, 5.41) is 9.11. The van der Waals surface area contributed by atoms with Crippen LogP contribution in [0.15, 0.2) is 45.8 Å². The zero-order valence-corrected chi connectivity index (χ0v) is 13.2.